The Balaban J connectivity index is 1.70. The molecular formula is C22H19F4NO2. The van der Waals surface area contributed by atoms with Gasteiger partial charge in [0, 0.05) is 12.8 Å². The van der Waals surface area contributed by atoms with Gasteiger partial charge in [0.25, 0.3) is 0 Å². The van der Waals surface area contributed by atoms with Crippen LogP contribution in [-0.2, 0) is 9.59 Å². The molecule has 2 aromatic carbocycles. The van der Waals surface area contributed by atoms with Gasteiger partial charge in [0.1, 0.15) is 11.5 Å². The van der Waals surface area contributed by atoms with Crippen LogP contribution >= 0.6 is 0 Å². The monoisotopic (exact) mass is 405 g/mol. The number of alkyl halides is 2. The van der Waals surface area contributed by atoms with Gasteiger partial charge in [0.05, 0.1) is 0 Å². The van der Waals surface area contributed by atoms with Crippen molar-refractivity contribution < 1.29 is 27.2 Å². The van der Waals surface area contributed by atoms with Crippen LogP contribution in [0.4, 0.5) is 17.6 Å². The first-order valence-electron chi connectivity index (χ1n) is 9.42. The summed E-state index contributed by atoms with van der Waals surface area (Å²) in [5, 5.41) is 2.68. The standard InChI is InChI=1S/C22H19F4NO2/c1-12-2-3-13(14-4-5-16(23)17(24)11-14)10-15(12)18-19(28)21(27-20(18)29)6-8-22(25,26)9-7-21/h2-5,10-11,18H,6-9H2,1H3,(H,27,29). The second kappa shape index (κ2) is 6.68. The summed E-state index contributed by atoms with van der Waals surface area (Å²) in [5.41, 5.74) is 0.810. The van der Waals surface area contributed by atoms with Crippen LogP contribution in [0, 0.1) is 18.6 Å². The first kappa shape index (κ1) is 19.6. The molecular weight excluding hydrogens is 386 g/mol. The number of Topliss-reactive ketones (excluding diaryl/α,β-unsaturated/α-hetero) is 1. The maximum atomic E-state index is 13.6. The molecule has 2 fully saturated rings. The molecule has 29 heavy (non-hydrogen) atoms. The van der Waals surface area contributed by atoms with Crippen molar-refractivity contribution in [1.82, 2.24) is 5.32 Å². The van der Waals surface area contributed by atoms with Crippen LogP contribution in [0.3, 0.4) is 0 Å². The second-order valence-corrected chi connectivity index (χ2v) is 7.92. The molecule has 2 aromatic rings. The third-order valence-corrected chi connectivity index (χ3v) is 6.04. The summed E-state index contributed by atoms with van der Waals surface area (Å²) in [6.45, 7) is 1.74. The van der Waals surface area contributed by atoms with Gasteiger partial charge >= 0.3 is 0 Å². The molecule has 1 amide bonds. The van der Waals surface area contributed by atoms with Crippen molar-refractivity contribution >= 4 is 11.7 Å². The molecule has 4 rings (SSSR count). The van der Waals surface area contributed by atoms with E-state index in [2.05, 4.69) is 5.32 Å². The van der Waals surface area contributed by atoms with Gasteiger partial charge in [-0.15, -0.1) is 0 Å². The third-order valence-electron chi connectivity index (χ3n) is 6.04. The lowest BCUT2D eigenvalue weighted by Crippen LogP contribution is -2.51. The zero-order valence-corrected chi connectivity index (χ0v) is 15.7. The average molecular weight is 405 g/mol. The maximum Gasteiger partial charge on any atom is 0.248 e. The van der Waals surface area contributed by atoms with Crippen LogP contribution < -0.4 is 5.32 Å². The molecule has 1 saturated carbocycles. The average Bonchev–Trinajstić information content (AvgIpc) is 2.91. The molecule has 1 saturated heterocycles. The van der Waals surface area contributed by atoms with E-state index in [-0.39, 0.29) is 12.8 Å². The highest BCUT2D eigenvalue weighted by Crippen LogP contribution is 2.45. The molecule has 1 aliphatic carbocycles. The Hall–Kier alpha value is -2.70. The van der Waals surface area contributed by atoms with Crippen molar-refractivity contribution in [3.8, 4) is 11.1 Å². The Bertz CT molecular complexity index is 1010. The largest absolute Gasteiger partial charge is 0.343 e. The number of halogens is 4. The summed E-state index contributed by atoms with van der Waals surface area (Å²) < 4.78 is 54.0. The Morgan fingerprint density at radius 2 is 1.52 bits per heavy atom. The molecule has 0 radical (unpaired) electrons. The zero-order valence-electron chi connectivity index (χ0n) is 15.7. The Morgan fingerprint density at radius 1 is 0.897 bits per heavy atom. The summed E-state index contributed by atoms with van der Waals surface area (Å²) in [6.07, 6.45) is -1.08. The summed E-state index contributed by atoms with van der Waals surface area (Å²) >= 11 is 0. The number of hydrogen-bond donors (Lipinski definition) is 1. The second-order valence-electron chi connectivity index (χ2n) is 7.92. The van der Waals surface area contributed by atoms with E-state index in [0.717, 1.165) is 12.1 Å². The number of aryl methyl sites for hydroxylation is 1. The van der Waals surface area contributed by atoms with Crippen LogP contribution in [0.15, 0.2) is 36.4 Å². The van der Waals surface area contributed by atoms with Crippen LogP contribution in [0.2, 0.25) is 0 Å². The minimum Gasteiger partial charge on any atom is -0.343 e. The summed E-state index contributed by atoms with van der Waals surface area (Å²) in [7, 11) is 0. The Morgan fingerprint density at radius 3 is 2.17 bits per heavy atom. The number of rotatable bonds is 2. The fourth-order valence-electron chi connectivity index (χ4n) is 4.27. The van der Waals surface area contributed by atoms with Gasteiger partial charge in [-0.25, -0.2) is 17.6 Å². The topological polar surface area (TPSA) is 46.2 Å². The van der Waals surface area contributed by atoms with Crippen LogP contribution in [0.25, 0.3) is 11.1 Å². The highest BCUT2D eigenvalue weighted by atomic mass is 19.3. The van der Waals surface area contributed by atoms with Crippen molar-refractivity contribution in [1.29, 1.82) is 0 Å². The Labute approximate surface area is 165 Å². The first-order valence-corrected chi connectivity index (χ1v) is 9.42. The molecule has 2 aliphatic rings. The van der Waals surface area contributed by atoms with Gasteiger partial charge in [0.15, 0.2) is 17.4 Å². The number of amides is 1. The molecule has 1 unspecified atom stereocenters. The van der Waals surface area contributed by atoms with E-state index in [1.807, 2.05) is 0 Å². The number of carbonyl (C=O) groups excluding carboxylic acids is 2. The number of hydrogen-bond acceptors (Lipinski definition) is 2. The van der Waals surface area contributed by atoms with Crippen molar-refractivity contribution in [3.63, 3.8) is 0 Å². The van der Waals surface area contributed by atoms with Crippen molar-refractivity contribution in [2.75, 3.05) is 0 Å². The summed E-state index contributed by atoms with van der Waals surface area (Å²) in [6, 6.07) is 8.47. The molecule has 1 N–H and O–H groups in total. The van der Waals surface area contributed by atoms with Gasteiger partial charge in [-0.3, -0.25) is 9.59 Å². The molecule has 1 aliphatic heterocycles. The van der Waals surface area contributed by atoms with Crippen molar-refractivity contribution in [3.05, 3.63) is 59.2 Å². The molecule has 0 aromatic heterocycles. The third kappa shape index (κ3) is 3.32. The lowest BCUT2D eigenvalue weighted by Gasteiger charge is -2.35. The molecule has 1 heterocycles. The van der Waals surface area contributed by atoms with Gasteiger partial charge in [-0.05, 0) is 60.2 Å². The van der Waals surface area contributed by atoms with E-state index in [1.54, 1.807) is 25.1 Å². The highest BCUT2D eigenvalue weighted by molar-refractivity contribution is 6.17. The summed E-state index contributed by atoms with van der Waals surface area (Å²) in [4.78, 5) is 25.9. The lowest BCUT2D eigenvalue weighted by atomic mass is 9.75. The maximum absolute atomic E-state index is 13.6. The van der Waals surface area contributed by atoms with Gasteiger partial charge < -0.3 is 5.32 Å². The van der Waals surface area contributed by atoms with E-state index in [4.69, 9.17) is 0 Å². The normalized spacial score (nSPS) is 22.7. The molecule has 3 nitrogen and oxygen atoms in total. The predicted octanol–water partition coefficient (Wildman–Crippen LogP) is 4.67. The smallest absolute Gasteiger partial charge is 0.248 e. The van der Waals surface area contributed by atoms with Crippen molar-refractivity contribution in [2.45, 2.75) is 50.0 Å². The molecule has 0 bridgehead atoms. The molecule has 7 heteroatoms. The predicted molar refractivity (Wildman–Crippen MR) is 98.6 cm³/mol. The lowest BCUT2D eigenvalue weighted by molar-refractivity contribution is -0.128. The fourth-order valence-corrected chi connectivity index (χ4v) is 4.27. The van der Waals surface area contributed by atoms with Crippen molar-refractivity contribution in [2.24, 2.45) is 0 Å². The van der Waals surface area contributed by atoms with E-state index in [1.165, 1.54) is 6.07 Å². The summed E-state index contributed by atoms with van der Waals surface area (Å²) in [5.74, 6) is -6.80. The van der Waals surface area contributed by atoms with E-state index < -0.39 is 53.5 Å². The molecule has 1 spiro atoms. The highest BCUT2D eigenvalue weighted by Gasteiger charge is 2.56. The number of carbonyl (C=O) groups is 2. The van der Waals surface area contributed by atoms with Crippen LogP contribution in [0.1, 0.15) is 42.7 Å². The molecule has 1 atom stereocenters. The molecule has 152 valence electrons. The number of ketones is 1. The fraction of sp³-hybridized carbons (Fsp3) is 0.364. The van der Waals surface area contributed by atoms with E-state index in [9.17, 15) is 27.2 Å². The number of nitrogens with one attached hydrogen (secondary N) is 1. The first-order chi connectivity index (χ1) is 13.6. The Kier molecular flexibility index (Phi) is 4.52. The quantitative estimate of drug-likeness (QED) is 0.583. The minimum absolute atomic E-state index is 0.0943. The van der Waals surface area contributed by atoms with Gasteiger partial charge in [-0.1, -0.05) is 18.2 Å². The zero-order chi connectivity index (χ0) is 21.0. The van der Waals surface area contributed by atoms with Crippen LogP contribution in [-0.4, -0.2) is 23.2 Å². The SMILES string of the molecule is Cc1ccc(-c2ccc(F)c(F)c2)cc1C1C(=O)NC2(CCC(F)(F)CC2)C1=O. The minimum atomic E-state index is -2.82. The van der Waals surface area contributed by atoms with Gasteiger partial charge in [-0.2, -0.15) is 0 Å². The van der Waals surface area contributed by atoms with E-state index >= 15 is 0 Å². The van der Waals surface area contributed by atoms with Gasteiger partial charge in [0.2, 0.25) is 11.8 Å². The van der Waals surface area contributed by atoms with E-state index in [0.29, 0.717) is 22.3 Å². The number of benzene rings is 2. The van der Waals surface area contributed by atoms with Crippen LogP contribution in [0.5, 0.6) is 0 Å².